The molecule has 3 aromatic heterocycles. The van der Waals surface area contributed by atoms with Crippen LogP contribution in [0.15, 0.2) is 46.9 Å². The number of aryl methyl sites for hydroxylation is 1. The average Bonchev–Trinajstić information content (AvgIpc) is 3.31. The number of hydrogen-bond acceptors (Lipinski definition) is 6. The van der Waals surface area contributed by atoms with E-state index in [4.69, 9.17) is 28.2 Å². The molecule has 6 nitrogen and oxygen atoms in total. The van der Waals surface area contributed by atoms with Gasteiger partial charge in [0, 0.05) is 28.8 Å². The van der Waals surface area contributed by atoms with Gasteiger partial charge in [0.25, 0.3) is 0 Å². The van der Waals surface area contributed by atoms with Crippen LogP contribution in [0.2, 0.25) is 10.0 Å². The van der Waals surface area contributed by atoms with Crippen LogP contribution in [0.5, 0.6) is 0 Å². The highest BCUT2D eigenvalue weighted by molar-refractivity contribution is 8.01. The van der Waals surface area contributed by atoms with Gasteiger partial charge in [-0.3, -0.25) is 4.98 Å². The maximum absolute atomic E-state index is 12.3. The summed E-state index contributed by atoms with van der Waals surface area (Å²) in [6.45, 7) is 5.96. The third-order valence-corrected chi connectivity index (χ3v) is 7.52. The van der Waals surface area contributed by atoms with Gasteiger partial charge in [0.05, 0.1) is 25.6 Å². The molecule has 1 aromatic carbocycles. The lowest BCUT2D eigenvalue weighted by molar-refractivity contribution is 0.0688. The van der Waals surface area contributed by atoms with E-state index in [1.807, 2.05) is 6.07 Å². The number of thiazole rings is 1. The molecule has 3 heterocycles. The summed E-state index contributed by atoms with van der Waals surface area (Å²) in [4.78, 5) is 21.1. The van der Waals surface area contributed by atoms with Crippen LogP contribution in [-0.4, -0.2) is 36.1 Å². The number of rotatable bonds is 6. The largest absolute Gasteiger partial charge is 0.476 e. The van der Waals surface area contributed by atoms with Crippen molar-refractivity contribution in [3.05, 3.63) is 64.2 Å². The number of benzene rings is 1. The molecule has 0 amide bonds. The summed E-state index contributed by atoms with van der Waals surface area (Å²) in [5.41, 5.74) is 3.46. The van der Waals surface area contributed by atoms with Crippen LogP contribution in [-0.2, 0) is 0 Å². The molecular weight excluding hydrogens is 487 g/mol. The van der Waals surface area contributed by atoms with E-state index in [1.165, 1.54) is 16.0 Å². The molecule has 0 spiro atoms. The fourth-order valence-electron chi connectivity index (χ4n) is 3.23. The minimum absolute atomic E-state index is 0.0595. The van der Waals surface area contributed by atoms with E-state index in [0.717, 1.165) is 21.0 Å². The number of carboxylic acids is 1. The minimum atomic E-state index is -1.08. The van der Waals surface area contributed by atoms with Gasteiger partial charge in [-0.05, 0) is 36.8 Å². The SMILES string of the molecule is Cc1nn(-c2nc(-c3ccc(Cl)c(Cl)c3)c(SC(C)C)s2)c(C(=O)O)c1-c1ccncc1. The van der Waals surface area contributed by atoms with Gasteiger partial charge >= 0.3 is 5.97 Å². The maximum Gasteiger partial charge on any atom is 0.355 e. The number of halogens is 2. The Morgan fingerprint density at radius 1 is 1.12 bits per heavy atom. The Balaban J connectivity index is 1.92. The summed E-state index contributed by atoms with van der Waals surface area (Å²) in [6.07, 6.45) is 3.25. The summed E-state index contributed by atoms with van der Waals surface area (Å²) >= 11 is 15.4. The van der Waals surface area contributed by atoms with Crippen molar-refractivity contribution in [2.45, 2.75) is 30.2 Å². The van der Waals surface area contributed by atoms with Crippen molar-refractivity contribution in [3.63, 3.8) is 0 Å². The molecule has 1 N–H and O–H groups in total. The predicted octanol–water partition coefficient (Wildman–Crippen LogP) is 6.87. The second-order valence-corrected chi connectivity index (χ2v) is 10.8. The molecule has 10 heteroatoms. The third kappa shape index (κ3) is 4.41. The predicted molar refractivity (Wildman–Crippen MR) is 131 cm³/mol. The van der Waals surface area contributed by atoms with Gasteiger partial charge in [0.2, 0.25) is 5.13 Å². The van der Waals surface area contributed by atoms with Crippen molar-refractivity contribution in [3.8, 4) is 27.5 Å². The van der Waals surface area contributed by atoms with Crippen molar-refractivity contribution in [1.82, 2.24) is 19.7 Å². The standard InChI is InChI=1S/C22H18Cl2N4O2S2/c1-11(2)31-21-18(14-4-5-15(23)16(24)10-14)26-22(32-21)28-19(20(29)30)17(12(3)27-28)13-6-8-25-9-7-13/h4-11H,1-3H3,(H,29,30). The Morgan fingerprint density at radius 3 is 2.47 bits per heavy atom. The van der Waals surface area contributed by atoms with E-state index < -0.39 is 5.97 Å². The number of thioether (sulfide) groups is 1. The molecule has 32 heavy (non-hydrogen) atoms. The number of aromatic carboxylic acids is 1. The van der Waals surface area contributed by atoms with E-state index in [2.05, 4.69) is 23.9 Å². The van der Waals surface area contributed by atoms with Crippen LogP contribution in [0, 0.1) is 6.92 Å². The first-order valence-electron chi connectivity index (χ1n) is 9.62. The van der Waals surface area contributed by atoms with Crippen molar-refractivity contribution < 1.29 is 9.90 Å². The van der Waals surface area contributed by atoms with Gasteiger partial charge in [-0.15, -0.1) is 11.8 Å². The molecule has 0 saturated carbocycles. The van der Waals surface area contributed by atoms with E-state index in [1.54, 1.807) is 55.3 Å². The smallest absolute Gasteiger partial charge is 0.355 e. The summed E-state index contributed by atoms with van der Waals surface area (Å²) < 4.78 is 2.35. The molecule has 0 bridgehead atoms. The molecule has 0 atom stereocenters. The van der Waals surface area contributed by atoms with Crippen molar-refractivity contribution in [1.29, 1.82) is 0 Å². The van der Waals surface area contributed by atoms with Crippen LogP contribution in [0.3, 0.4) is 0 Å². The van der Waals surface area contributed by atoms with Gasteiger partial charge in [-0.2, -0.15) is 9.78 Å². The second kappa shape index (κ2) is 9.23. The van der Waals surface area contributed by atoms with E-state index >= 15 is 0 Å². The van der Waals surface area contributed by atoms with Crippen molar-refractivity contribution in [2.75, 3.05) is 0 Å². The summed E-state index contributed by atoms with van der Waals surface area (Å²) in [5.74, 6) is -1.08. The van der Waals surface area contributed by atoms with Gasteiger partial charge in [-0.25, -0.2) is 9.78 Å². The molecule has 0 aliphatic heterocycles. The first-order chi connectivity index (χ1) is 15.3. The molecule has 0 aliphatic carbocycles. The average molecular weight is 505 g/mol. The second-order valence-electron chi connectivity index (χ2n) is 7.19. The quantitative estimate of drug-likeness (QED) is 0.288. The topological polar surface area (TPSA) is 80.9 Å². The normalized spacial score (nSPS) is 11.3. The van der Waals surface area contributed by atoms with Gasteiger partial charge in [0.1, 0.15) is 0 Å². The number of carbonyl (C=O) groups is 1. The van der Waals surface area contributed by atoms with Crippen LogP contribution in [0.1, 0.15) is 30.0 Å². The van der Waals surface area contributed by atoms with Crippen molar-refractivity contribution in [2.24, 2.45) is 0 Å². The zero-order valence-corrected chi connectivity index (χ0v) is 20.5. The molecular formula is C22H18Cl2N4O2S2. The molecule has 0 aliphatic rings. The fraction of sp³-hybridized carbons (Fsp3) is 0.182. The maximum atomic E-state index is 12.3. The van der Waals surface area contributed by atoms with Crippen LogP contribution in [0.4, 0.5) is 0 Å². The summed E-state index contributed by atoms with van der Waals surface area (Å²) in [6, 6.07) is 8.88. The zero-order valence-electron chi connectivity index (χ0n) is 17.3. The molecule has 0 fully saturated rings. The lowest BCUT2D eigenvalue weighted by Gasteiger charge is -2.05. The Morgan fingerprint density at radius 2 is 1.84 bits per heavy atom. The minimum Gasteiger partial charge on any atom is -0.476 e. The van der Waals surface area contributed by atoms with Crippen LogP contribution >= 0.6 is 46.3 Å². The summed E-state index contributed by atoms with van der Waals surface area (Å²) in [5, 5.41) is 16.3. The highest BCUT2D eigenvalue weighted by Gasteiger charge is 2.26. The number of nitrogens with zero attached hydrogens (tertiary/aromatic N) is 4. The monoisotopic (exact) mass is 504 g/mol. The molecule has 0 unspecified atom stereocenters. The van der Waals surface area contributed by atoms with E-state index in [9.17, 15) is 9.90 Å². The van der Waals surface area contributed by atoms with Gasteiger partial charge in [-0.1, -0.05) is 54.5 Å². The van der Waals surface area contributed by atoms with Crippen LogP contribution < -0.4 is 0 Å². The van der Waals surface area contributed by atoms with Crippen molar-refractivity contribution >= 4 is 52.3 Å². The molecule has 0 saturated heterocycles. The Labute approximate surface area is 203 Å². The Hall–Kier alpha value is -2.39. The Bertz CT molecular complexity index is 1300. The van der Waals surface area contributed by atoms with Crippen LogP contribution in [0.25, 0.3) is 27.5 Å². The van der Waals surface area contributed by atoms with E-state index in [-0.39, 0.29) is 5.69 Å². The first kappa shape index (κ1) is 22.8. The molecule has 0 radical (unpaired) electrons. The summed E-state index contributed by atoms with van der Waals surface area (Å²) in [7, 11) is 0. The van der Waals surface area contributed by atoms with Gasteiger partial charge in [0.15, 0.2) is 5.69 Å². The highest BCUT2D eigenvalue weighted by atomic mass is 35.5. The Kier molecular flexibility index (Phi) is 6.57. The number of carboxylic acid groups (broad SMARTS) is 1. The lowest BCUT2D eigenvalue weighted by Crippen LogP contribution is -2.09. The van der Waals surface area contributed by atoms with E-state index in [0.29, 0.717) is 31.7 Å². The molecule has 164 valence electrons. The highest BCUT2D eigenvalue weighted by Crippen LogP contribution is 2.41. The number of pyridine rings is 1. The zero-order chi connectivity index (χ0) is 23.0. The number of hydrogen-bond donors (Lipinski definition) is 1. The number of aromatic nitrogens is 4. The van der Waals surface area contributed by atoms with Gasteiger partial charge < -0.3 is 5.11 Å². The fourth-order valence-corrected chi connectivity index (χ4v) is 6.01. The first-order valence-corrected chi connectivity index (χ1v) is 12.1. The third-order valence-electron chi connectivity index (χ3n) is 4.53. The lowest BCUT2D eigenvalue weighted by atomic mass is 10.1. The molecule has 4 aromatic rings. The molecule has 4 rings (SSSR count).